The van der Waals surface area contributed by atoms with Gasteiger partial charge in [0.1, 0.15) is 0 Å². The van der Waals surface area contributed by atoms with E-state index in [4.69, 9.17) is 5.73 Å². The minimum absolute atomic E-state index is 0. The Bertz CT molecular complexity index is 540. The van der Waals surface area contributed by atoms with Gasteiger partial charge in [-0.25, -0.2) is 0 Å². The molecule has 1 fully saturated rings. The average Bonchev–Trinajstić information content (AvgIpc) is 3.03. The molecule has 0 radical (unpaired) electrons. The lowest BCUT2D eigenvalue weighted by Crippen LogP contribution is -2.27. The number of hydrogen-bond acceptors (Lipinski definition) is 1. The van der Waals surface area contributed by atoms with Crippen LogP contribution in [0.1, 0.15) is 23.5 Å². The van der Waals surface area contributed by atoms with E-state index in [0.29, 0.717) is 5.92 Å². The molecule has 2 N–H and O–H groups in total. The zero-order chi connectivity index (χ0) is 12.6. The maximum absolute atomic E-state index is 6.48. The van der Waals surface area contributed by atoms with Gasteiger partial charge >= 0.3 is 0 Å². The first kappa shape index (κ1) is 14.6. The Morgan fingerprint density at radius 3 is 2.32 bits per heavy atom. The quantitative estimate of drug-likeness (QED) is 0.887. The SMILES string of the molecule is Cl.NC1(Cc2ccccc2)CC1c1ccc(Br)cc1. The number of rotatable bonds is 3. The fourth-order valence-corrected chi connectivity index (χ4v) is 2.90. The highest BCUT2D eigenvalue weighted by Crippen LogP contribution is 2.51. The third kappa shape index (κ3) is 3.19. The molecule has 2 unspecified atom stereocenters. The highest BCUT2D eigenvalue weighted by molar-refractivity contribution is 9.10. The molecule has 1 saturated carbocycles. The third-order valence-electron chi connectivity index (χ3n) is 3.77. The second kappa shape index (κ2) is 5.66. The summed E-state index contributed by atoms with van der Waals surface area (Å²) in [4.78, 5) is 0. The monoisotopic (exact) mass is 337 g/mol. The van der Waals surface area contributed by atoms with Crippen LogP contribution < -0.4 is 5.73 Å². The van der Waals surface area contributed by atoms with Gasteiger partial charge in [-0.3, -0.25) is 0 Å². The average molecular weight is 339 g/mol. The molecule has 1 aliphatic rings. The van der Waals surface area contributed by atoms with Crippen molar-refractivity contribution in [2.24, 2.45) is 5.73 Å². The molecule has 1 nitrogen and oxygen atoms in total. The maximum Gasteiger partial charge on any atom is 0.0271 e. The second-order valence-electron chi connectivity index (χ2n) is 5.20. The van der Waals surface area contributed by atoms with Gasteiger partial charge in [-0.15, -0.1) is 12.4 Å². The lowest BCUT2D eigenvalue weighted by atomic mass is 10.00. The Morgan fingerprint density at radius 1 is 1.05 bits per heavy atom. The van der Waals surface area contributed by atoms with E-state index in [1.807, 2.05) is 6.07 Å². The van der Waals surface area contributed by atoms with Crippen molar-refractivity contribution in [3.63, 3.8) is 0 Å². The zero-order valence-electron chi connectivity index (χ0n) is 10.6. The molecular weight excluding hydrogens is 322 g/mol. The fourth-order valence-electron chi connectivity index (χ4n) is 2.64. The Kier molecular flexibility index (Phi) is 4.34. The molecule has 1 aliphatic carbocycles. The van der Waals surface area contributed by atoms with Crippen LogP contribution in [0.15, 0.2) is 59.1 Å². The predicted octanol–water partition coefficient (Wildman–Crippen LogP) is 4.30. The molecule has 0 amide bonds. The summed E-state index contributed by atoms with van der Waals surface area (Å²) < 4.78 is 1.12. The molecule has 100 valence electrons. The summed E-state index contributed by atoms with van der Waals surface area (Å²) in [6.45, 7) is 0. The maximum atomic E-state index is 6.48. The molecule has 3 rings (SSSR count). The van der Waals surface area contributed by atoms with Crippen LogP contribution in [0.3, 0.4) is 0 Å². The van der Waals surface area contributed by atoms with Crippen molar-refractivity contribution >= 4 is 28.3 Å². The fraction of sp³-hybridized carbons (Fsp3) is 0.250. The van der Waals surface area contributed by atoms with E-state index in [9.17, 15) is 0 Å². The van der Waals surface area contributed by atoms with E-state index in [-0.39, 0.29) is 17.9 Å². The van der Waals surface area contributed by atoms with E-state index < -0.39 is 0 Å². The first-order valence-corrected chi connectivity index (χ1v) is 7.05. The van der Waals surface area contributed by atoms with Gasteiger partial charge in [0.15, 0.2) is 0 Å². The van der Waals surface area contributed by atoms with Crippen LogP contribution in [0.2, 0.25) is 0 Å². The van der Waals surface area contributed by atoms with Gasteiger partial charge in [-0.2, -0.15) is 0 Å². The first-order chi connectivity index (χ1) is 8.67. The lowest BCUT2D eigenvalue weighted by molar-refractivity contribution is 0.646. The smallest absolute Gasteiger partial charge is 0.0271 e. The van der Waals surface area contributed by atoms with Crippen LogP contribution in [0.5, 0.6) is 0 Å². The van der Waals surface area contributed by atoms with Crippen LogP contribution in [0, 0.1) is 0 Å². The summed E-state index contributed by atoms with van der Waals surface area (Å²) in [5.74, 6) is 0.505. The molecule has 2 aromatic carbocycles. The van der Waals surface area contributed by atoms with Crippen molar-refractivity contribution in [3.8, 4) is 0 Å². The lowest BCUT2D eigenvalue weighted by Gasteiger charge is -2.12. The standard InChI is InChI=1S/C16H16BrN.ClH/c17-14-8-6-13(7-9-14)15-11-16(15,18)10-12-4-2-1-3-5-12;/h1-9,15H,10-11,18H2;1H. The molecule has 2 atom stereocenters. The number of hydrogen-bond donors (Lipinski definition) is 1. The number of nitrogens with two attached hydrogens (primary N) is 1. The van der Waals surface area contributed by atoms with Gasteiger partial charge in [-0.05, 0) is 36.1 Å². The van der Waals surface area contributed by atoms with Crippen molar-refractivity contribution in [1.82, 2.24) is 0 Å². The Balaban J connectivity index is 0.00000133. The molecule has 0 aliphatic heterocycles. The summed E-state index contributed by atoms with van der Waals surface area (Å²) >= 11 is 3.47. The van der Waals surface area contributed by atoms with E-state index in [2.05, 4.69) is 64.5 Å². The molecule has 2 aromatic rings. The highest BCUT2D eigenvalue weighted by Gasteiger charge is 2.51. The topological polar surface area (TPSA) is 26.0 Å². The Morgan fingerprint density at radius 2 is 1.68 bits per heavy atom. The molecule has 0 heterocycles. The van der Waals surface area contributed by atoms with E-state index in [0.717, 1.165) is 17.3 Å². The molecule has 19 heavy (non-hydrogen) atoms. The van der Waals surface area contributed by atoms with Crippen molar-refractivity contribution in [3.05, 3.63) is 70.2 Å². The summed E-state index contributed by atoms with van der Waals surface area (Å²) in [7, 11) is 0. The van der Waals surface area contributed by atoms with Gasteiger partial charge in [-0.1, -0.05) is 58.4 Å². The van der Waals surface area contributed by atoms with Crippen LogP contribution in [0.25, 0.3) is 0 Å². The van der Waals surface area contributed by atoms with E-state index >= 15 is 0 Å². The van der Waals surface area contributed by atoms with E-state index in [1.165, 1.54) is 11.1 Å². The van der Waals surface area contributed by atoms with Crippen LogP contribution in [0.4, 0.5) is 0 Å². The van der Waals surface area contributed by atoms with Crippen LogP contribution in [-0.2, 0) is 6.42 Å². The summed E-state index contributed by atoms with van der Waals surface area (Å²) in [6, 6.07) is 19.1. The van der Waals surface area contributed by atoms with Gasteiger partial charge in [0.2, 0.25) is 0 Å². The van der Waals surface area contributed by atoms with Crippen molar-refractivity contribution < 1.29 is 0 Å². The molecule has 0 saturated heterocycles. The second-order valence-corrected chi connectivity index (χ2v) is 6.12. The Labute approximate surface area is 128 Å². The van der Waals surface area contributed by atoms with Crippen LogP contribution >= 0.6 is 28.3 Å². The molecule has 0 bridgehead atoms. The summed E-state index contributed by atoms with van der Waals surface area (Å²) in [5.41, 5.74) is 9.13. The zero-order valence-corrected chi connectivity index (χ0v) is 13.0. The molecule has 0 spiro atoms. The van der Waals surface area contributed by atoms with Gasteiger partial charge < -0.3 is 5.73 Å². The summed E-state index contributed by atoms with van der Waals surface area (Å²) in [5, 5.41) is 0. The molecule has 0 aromatic heterocycles. The Hall–Kier alpha value is -0.830. The van der Waals surface area contributed by atoms with Gasteiger partial charge in [0.25, 0.3) is 0 Å². The largest absolute Gasteiger partial charge is 0.324 e. The van der Waals surface area contributed by atoms with Gasteiger partial charge in [0, 0.05) is 15.9 Å². The molecular formula is C16H17BrClN. The third-order valence-corrected chi connectivity index (χ3v) is 4.30. The number of halogens is 2. The van der Waals surface area contributed by atoms with E-state index in [1.54, 1.807) is 0 Å². The highest BCUT2D eigenvalue weighted by atomic mass is 79.9. The van der Waals surface area contributed by atoms with Crippen LogP contribution in [-0.4, -0.2) is 5.54 Å². The van der Waals surface area contributed by atoms with Crippen molar-refractivity contribution in [2.75, 3.05) is 0 Å². The summed E-state index contributed by atoms with van der Waals surface area (Å²) in [6.07, 6.45) is 2.05. The minimum Gasteiger partial charge on any atom is -0.324 e. The van der Waals surface area contributed by atoms with Gasteiger partial charge in [0.05, 0.1) is 0 Å². The normalized spacial score (nSPS) is 24.6. The minimum atomic E-state index is -0.0464. The van der Waals surface area contributed by atoms with Crippen molar-refractivity contribution in [1.29, 1.82) is 0 Å². The number of benzene rings is 2. The van der Waals surface area contributed by atoms with Crippen molar-refractivity contribution in [2.45, 2.75) is 24.3 Å². The predicted molar refractivity (Wildman–Crippen MR) is 85.8 cm³/mol. The first-order valence-electron chi connectivity index (χ1n) is 6.26. The molecule has 3 heteroatoms.